The van der Waals surface area contributed by atoms with Gasteiger partial charge < -0.3 is 13.7 Å². The first-order chi connectivity index (χ1) is 14.5. The molecule has 1 fully saturated rings. The maximum absolute atomic E-state index is 13.8. The zero-order chi connectivity index (χ0) is 21.3. The Morgan fingerprint density at radius 3 is 2.73 bits per heavy atom. The van der Waals surface area contributed by atoms with Gasteiger partial charge in [0.15, 0.2) is 0 Å². The molecule has 3 aromatic rings. The van der Waals surface area contributed by atoms with Crippen molar-refractivity contribution >= 4 is 17.0 Å². The number of furan rings is 2. The lowest BCUT2D eigenvalue weighted by Gasteiger charge is -2.33. The molecule has 1 aliphatic carbocycles. The minimum absolute atomic E-state index is 0.121. The van der Waals surface area contributed by atoms with Crippen LogP contribution in [0.4, 0.5) is 0 Å². The Balaban J connectivity index is 1.78. The molecule has 0 saturated heterocycles. The minimum atomic E-state index is -0.226. The molecule has 1 saturated carbocycles. The van der Waals surface area contributed by atoms with Crippen LogP contribution in [0.1, 0.15) is 67.8 Å². The monoisotopic (exact) mass is 411 g/mol. The molecule has 0 aliphatic heterocycles. The van der Waals surface area contributed by atoms with Crippen molar-refractivity contribution in [1.82, 2.24) is 14.5 Å². The lowest BCUT2D eigenvalue weighted by Crippen LogP contribution is -2.41. The maximum Gasteiger partial charge on any atom is 0.265 e. The molecule has 4 rings (SSSR count). The number of carbonyl (C=O) groups is 1. The first-order valence-corrected chi connectivity index (χ1v) is 10.8. The zero-order valence-electron chi connectivity index (χ0n) is 17.9. The van der Waals surface area contributed by atoms with Crippen molar-refractivity contribution in [2.24, 2.45) is 5.92 Å². The fourth-order valence-electron chi connectivity index (χ4n) is 4.39. The third-order valence-electron chi connectivity index (χ3n) is 5.81. The summed E-state index contributed by atoms with van der Waals surface area (Å²) in [5, 5.41) is 0.279. The van der Waals surface area contributed by atoms with Gasteiger partial charge in [-0.2, -0.15) is 0 Å². The number of hydrogen-bond acceptors (Lipinski definition) is 5. The van der Waals surface area contributed by atoms with Crippen molar-refractivity contribution in [3.63, 3.8) is 0 Å². The van der Waals surface area contributed by atoms with E-state index in [0.29, 0.717) is 24.4 Å². The van der Waals surface area contributed by atoms with Crippen LogP contribution in [0.15, 0.2) is 38.4 Å². The van der Waals surface area contributed by atoms with Crippen LogP contribution in [0.5, 0.6) is 0 Å². The first kappa shape index (κ1) is 20.4. The van der Waals surface area contributed by atoms with Crippen LogP contribution >= 0.6 is 0 Å². The normalized spacial score (nSPS) is 15.2. The molecule has 3 heterocycles. The van der Waals surface area contributed by atoms with E-state index in [0.717, 1.165) is 31.4 Å². The second-order valence-corrected chi connectivity index (χ2v) is 8.61. The van der Waals surface area contributed by atoms with E-state index in [4.69, 9.17) is 8.83 Å². The molecule has 0 radical (unpaired) electrons. The quantitative estimate of drug-likeness (QED) is 0.596. The van der Waals surface area contributed by atoms with Gasteiger partial charge in [-0.3, -0.25) is 14.2 Å². The highest BCUT2D eigenvalue weighted by Crippen LogP contribution is 2.29. The number of amides is 1. The largest absolute Gasteiger partial charge is 0.467 e. The lowest BCUT2D eigenvalue weighted by atomic mass is 9.93. The van der Waals surface area contributed by atoms with Crippen molar-refractivity contribution in [3.05, 3.63) is 52.2 Å². The predicted octanol–water partition coefficient (Wildman–Crippen LogP) is 4.52. The van der Waals surface area contributed by atoms with Gasteiger partial charge in [0.25, 0.3) is 11.5 Å². The Bertz CT molecular complexity index is 1070. The van der Waals surface area contributed by atoms with Crippen molar-refractivity contribution in [3.8, 4) is 0 Å². The molecule has 0 aromatic carbocycles. The maximum atomic E-state index is 13.8. The molecule has 7 nitrogen and oxygen atoms in total. The number of hydrogen-bond donors (Lipinski definition) is 0. The third kappa shape index (κ3) is 3.93. The highest BCUT2D eigenvalue weighted by molar-refractivity contribution is 6.06. The van der Waals surface area contributed by atoms with Crippen LogP contribution in [-0.4, -0.2) is 26.4 Å². The lowest BCUT2D eigenvalue weighted by molar-refractivity contribution is 0.0596. The molecular formula is C23H29N3O4. The summed E-state index contributed by atoms with van der Waals surface area (Å²) >= 11 is 0. The number of nitrogens with zero attached hydrogens (tertiary/aromatic N) is 3. The predicted molar refractivity (Wildman–Crippen MR) is 113 cm³/mol. The molecule has 7 heteroatoms. The summed E-state index contributed by atoms with van der Waals surface area (Å²) in [4.78, 5) is 33.2. The second kappa shape index (κ2) is 8.50. The van der Waals surface area contributed by atoms with Crippen molar-refractivity contribution < 1.29 is 13.6 Å². The van der Waals surface area contributed by atoms with Crippen LogP contribution < -0.4 is 5.56 Å². The number of aromatic nitrogens is 2. The van der Waals surface area contributed by atoms with E-state index >= 15 is 0 Å². The Hall–Kier alpha value is -2.83. The molecule has 0 atom stereocenters. The topological polar surface area (TPSA) is 81.5 Å². The second-order valence-electron chi connectivity index (χ2n) is 8.61. The number of aryl methyl sites for hydroxylation is 1. The average molecular weight is 412 g/mol. The summed E-state index contributed by atoms with van der Waals surface area (Å²) in [7, 11) is 0. The van der Waals surface area contributed by atoms with Crippen molar-refractivity contribution in [1.29, 1.82) is 0 Å². The van der Waals surface area contributed by atoms with Crippen LogP contribution in [-0.2, 0) is 13.1 Å². The molecule has 0 unspecified atom stereocenters. The molecule has 0 bridgehead atoms. The standard InChI is InChI=1S/C23H29N3O4/c1-15(2)12-25-14-24-21-20(22(25)27)19(16(3)30-21)23(28)26(13-18-10-7-11-29-18)17-8-5-4-6-9-17/h7,10-11,14-15,17H,4-6,8-9,12-13H2,1-3H3. The summed E-state index contributed by atoms with van der Waals surface area (Å²) in [5.74, 6) is 1.26. The van der Waals surface area contributed by atoms with E-state index in [1.165, 1.54) is 12.7 Å². The van der Waals surface area contributed by atoms with Crippen LogP contribution in [0, 0.1) is 12.8 Å². The molecule has 0 spiro atoms. The number of carbonyl (C=O) groups excluding carboxylic acids is 1. The Labute approximate surface area is 175 Å². The zero-order valence-corrected chi connectivity index (χ0v) is 17.9. The van der Waals surface area contributed by atoms with Crippen LogP contribution in [0.2, 0.25) is 0 Å². The molecular weight excluding hydrogens is 382 g/mol. The molecule has 0 N–H and O–H groups in total. The number of rotatable bonds is 6. The van der Waals surface area contributed by atoms with Crippen molar-refractivity contribution in [2.45, 2.75) is 72.0 Å². The van der Waals surface area contributed by atoms with Crippen LogP contribution in [0.25, 0.3) is 11.1 Å². The summed E-state index contributed by atoms with van der Waals surface area (Å²) in [6.45, 7) is 6.73. The fraction of sp³-hybridized carbons (Fsp3) is 0.522. The summed E-state index contributed by atoms with van der Waals surface area (Å²) in [5.41, 5.74) is 0.329. The average Bonchev–Trinajstić information content (AvgIpc) is 3.35. The molecule has 1 aliphatic rings. The van der Waals surface area contributed by atoms with Gasteiger partial charge in [0, 0.05) is 12.6 Å². The summed E-state index contributed by atoms with van der Waals surface area (Å²) in [6.07, 6.45) is 8.42. The van der Waals surface area contributed by atoms with Gasteiger partial charge in [-0.15, -0.1) is 0 Å². The Morgan fingerprint density at radius 1 is 1.30 bits per heavy atom. The Kier molecular flexibility index (Phi) is 5.79. The van der Waals surface area contributed by atoms with Gasteiger partial charge in [0.05, 0.1) is 18.4 Å². The minimum Gasteiger partial charge on any atom is -0.467 e. The Morgan fingerprint density at radius 2 is 2.07 bits per heavy atom. The first-order valence-electron chi connectivity index (χ1n) is 10.8. The van der Waals surface area contributed by atoms with E-state index in [1.54, 1.807) is 17.8 Å². The van der Waals surface area contributed by atoms with E-state index in [-0.39, 0.29) is 34.5 Å². The van der Waals surface area contributed by atoms with Gasteiger partial charge in [-0.25, -0.2) is 4.98 Å². The van der Waals surface area contributed by atoms with Gasteiger partial charge in [-0.05, 0) is 37.8 Å². The SMILES string of the molecule is Cc1oc2ncn(CC(C)C)c(=O)c2c1C(=O)N(Cc1ccco1)C1CCCCC1. The molecule has 1 amide bonds. The van der Waals surface area contributed by atoms with Gasteiger partial charge in [0.1, 0.15) is 23.2 Å². The van der Waals surface area contributed by atoms with E-state index in [2.05, 4.69) is 4.98 Å². The summed E-state index contributed by atoms with van der Waals surface area (Å²) in [6, 6.07) is 3.82. The number of fused-ring (bicyclic) bond motifs is 1. The van der Waals surface area contributed by atoms with Crippen molar-refractivity contribution in [2.75, 3.05) is 0 Å². The fourth-order valence-corrected chi connectivity index (χ4v) is 4.39. The van der Waals surface area contributed by atoms with Gasteiger partial charge in [0.2, 0.25) is 5.71 Å². The van der Waals surface area contributed by atoms with E-state index in [9.17, 15) is 9.59 Å². The van der Waals surface area contributed by atoms with E-state index in [1.807, 2.05) is 30.9 Å². The summed E-state index contributed by atoms with van der Waals surface area (Å²) < 4.78 is 12.8. The third-order valence-corrected chi connectivity index (χ3v) is 5.81. The molecule has 160 valence electrons. The molecule has 3 aromatic heterocycles. The molecule has 30 heavy (non-hydrogen) atoms. The highest BCUT2D eigenvalue weighted by atomic mass is 16.3. The van der Waals surface area contributed by atoms with Gasteiger partial charge in [-0.1, -0.05) is 33.1 Å². The van der Waals surface area contributed by atoms with E-state index < -0.39 is 0 Å². The van der Waals surface area contributed by atoms with Gasteiger partial charge >= 0.3 is 0 Å². The van der Waals surface area contributed by atoms with Crippen LogP contribution in [0.3, 0.4) is 0 Å². The highest BCUT2D eigenvalue weighted by Gasteiger charge is 2.32. The smallest absolute Gasteiger partial charge is 0.265 e.